The van der Waals surface area contributed by atoms with Crippen molar-refractivity contribution in [3.05, 3.63) is 69.8 Å². The molecule has 0 aromatic heterocycles. The lowest BCUT2D eigenvalue weighted by Crippen LogP contribution is -2.17. The first-order valence-electron chi connectivity index (χ1n) is 8.07. The molecule has 0 bridgehead atoms. The Morgan fingerprint density at radius 2 is 1.25 bits per heavy atom. The molecule has 2 aromatic carbocycles. The van der Waals surface area contributed by atoms with Crippen LogP contribution in [-0.2, 0) is 13.1 Å². The fraction of sp³-hybridized carbons (Fsp3) is 0.300. The second kappa shape index (κ2) is 6.11. The molecule has 2 amide bonds. The maximum atomic E-state index is 11.5. The summed E-state index contributed by atoms with van der Waals surface area (Å²) in [5, 5.41) is 0. The van der Waals surface area contributed by atoms with E-state index in [-0.39, 0.29) is 11.8 Å². The number of carbonyl (C=O) groups excluding carboxylic acids is 2. The minimum Gasteiger partial charge on any atom is -0.337 e. The van der Waals surface area contributed by atoms with Gasteiger partial charge in [0.25, 0.3) is 11.8 Å². The molecule has 0 saturated carbocycles. The first kappa shape index (κ1) is 16.2. The summed E-state index contributed by atoms with van der Waals surface area (Å²) in [7, 11) is 3.66. The molecule has 2 aromatic rings. The number of hydrogen-bond donors (Lipinski definition) is 0. The normalized spacial score (nSPS) is 15.2. The van der Waals surface area contributed by atoms with Gasteiger partial charge >= 0.3 is 0 Å². The third-order valence-corrected chi connectivity index (χ3v) is 4.50. The van der Waals surface area contributed by atoms with Crippen LogP contribution in [0.25, 0.3) is 0 Å². The topological polar surface area (TPSA) is 40.6 Å². The monoisotopic (exact) mass is 322 g/mol. The molecule has 2 aliphatic rings. The molecule has 4 heteroatoms. The summed E-state index contributed by atoms with van der Waals surface area (Å²) in [6.07, 6.45) is 0. The van der Waals surface area contributed by atoms with Crippen molar-refractivity contribution in [1.29, 1.82) is 0 Å². The summed E-state index contributed by atoms with van der Waals surface area (Å²) in [5.74, 6) is 0.290. The molecule has 0 unspecified atom stereocenters. The second-order valence-corrected chi connectivity index (χ2v) is 6.64. The highest BCUT2D eigenvalue weighted by Gasteiger charge is 2.24. The van der Waals surface area contributed by atoms with Crippen molar-refractivity contribution < 1.29 is 9.59 Å². The molecule has 24 heavy (non-hydrogen) atoms. The predicted molar refractivity (Wildman–Crippen MR) is 94.0 cm³/mol. The summed E-state index contributed by atoms with van der Waals surface area (Å²) >= 11 is 0. The standard InChI is InChI=1S/2C10H11NO/c1-7-3-4-9-8(5-7)6-11(2)10(9)12;1-7-3-4-8-6-11(2)10(12)9(8)5-7/h2*3-5H,6H2,1-2H3. The summed E-state index contributed by atoms with van der Waals surface area (Å²) in [4.78, 5) is 26.4. The van der Waals surface area contributed by atoms with Gasteiger partial charge in [-0.1, -0.05) is 35.4 Å². The van der Waals surface area contributed by atoms with Crippen LogP contribution in [0.1, 0.15) is 43.0 Å². The van der Waals surface area contributed by atoms with Gasteiger partial charge in [0, 0.05) is 38.3 Å². The van der Waals surface area contributed by atoms with Gasteiger partial charge in [-0.15, -0.1) is 0 Å². The smallest absolute Gasteiger partial charge is 0.254 e. The van der Waals surface area contributed by atoms with Crippen molar-refractivity contribution in [2.24, 2.45) is 0 Å². The van der Waals surface area contributed by atoms with Gasteiger partial charge in [-0.2, -0.15) is 0 Å². The highest BCUT2D eigenvalue weighted by Crippen LogP contribution is 2.22. The van der Waals surface area contributed by atoms with Crippen LogP contribution in [0.2, 0.25) is 0 Å². The van der Waals surface area contributed by atoms with Gasteiger partial charge in [-0.3, -0.25) is 9.59 Å². The van der Waals surface area contributed by atoms with Crippen LogP contribution in [0, 0.1) is 13.8 Å². The van der Waals surface area contributed by atoms with Crippen molar-refractivity contribution in [3.63, 3.8) is 0 Å². The van der Waals surface area contributed by atoms with E-state index in [4.69, 9.17) is 0 Å². The van der Waals surface area contributed by atoms with Crippen LogP contribution in [0.4, 0.5) is 0 Å². The third kappa shape index (κ3) is 2.92. The zero-order valence-electron chi connectivity index (χ0n) is 14.6. The van der Waals surface area contributed by atoms with E-state index in [0.29, 0.717) is 0 Å². The summed E-state index contributed by atoms with van der Waals surface area (Å²) < 4.78 is 0. The van der Waals surface area contributed by atoms with E-state index >= 15 is 0 Å². The molecule has 2 heterocycles. The Balaban J connectivity index is 0.000000141. The van der Waals surface area contributed by atoms with Gasteiger partial charge in [-0.25, -0.2) is 0 Å². The van der Waals surface area contributed by atoms with Crippen LogP contribution >= 0.6 is 0 Å². The Bertz CT molecular complexity index is 826. The van der Waals surface area contributed by atoms with E-state index in [1.54, 1.807) is 9.80 Å². The minimum absolute atomic E-state index is 0.144. The Morgan fingerprint density at radius 3 is 1.96 bits per heavy atom. The molecule has 4 rings (SSSR count). The highest BCUT2D eigenvalue weighted by molar-refractivity contribution is 5.98. The Labute approximate surface area is 142 Å². The van der Waals surface area contributed by atoms with Gasteiger partial charge in [-0.05, 0) is 37.1 Å². The largest absolute Gasteiger partial charge is 0.337 e. The molecular weight excluding hydrogens is 300 g/mol. The molecule has 2 aliphatic heterocycles. The number of hydrogen-bond acceptors (Lipinski definition) is 2. The van der Waals surface area contributed by atoms with Gasteiger partial charge in [0.05, 0.1) is 0 Å². The van der Waals surface area contributed by atoms with Crippen LogP contribution in [0.5, 0.6) is 0 Å². The zero-order chi connectivity index (χ0) is 17.4. The van der Waals surface area contributed by atoms with Gasteiger partial charge in [0.15, 0.2) is 0 Å². The second-order valence-electron chi connectivity index (χ2n) is 6.64. The SMILES string of the molecule is Cc1ccc2c(c1)C(=O)N(C)C2.Cc1ccc2c(c1)CN(C)C2=O. The molecule has 0 saturated heterocycles. The van der Waals surface area contributed by atoms with Crippen molar-refractivity contribution in [2.45, 2.75) is 26.9 Å². The lowest BCUT2D eigenvalue weighted by molar-refractivity contribution is 0.0809. The molecule has 124 valence electrons. The van der Waals surface area contributed by atoms with Gasteiger partial charge in [0.1, 0.15) is 0 Å². The fourth-order valence-electron chi connectivity index (χ4n) is 3.16. The van der Waals surface area contributed by atoms with Crippen LogP contribution < -0.4 is 0 Å². The number of nitrogens with zero attached hydrogens (tertiary/aromatic N) is 2. The number of fused-ring (bicyclic) bond motifs is 2. The predicted octanol–water partition coefficient (Wildman–Crippen LogP) is 3.16. The molecular formula is C20H22N2O2. The highest BCUT2D eigenvalue weighted by atomic mass is 16.2. The Morgan fingerprint density at radius 1 is 0.708 bits per heavy atom. The fourth-order valence-corrected chi connectivity index (χ4v) is 3.16. The molecule has 0 fully saturated rings. The number of amides is 2. The van der Waals surface area contributed by atoms with E-state index in [2.05, 4.69) is 6.07 Å². The summed E-state index contributed by atoms with van der Waals surface area (Å²) in [6.45, 7) is 5.57. The molecule has 0 aliphatic carbocycles. The lowest BCUT2D eigenvalue weighted by Gasteiger charge is -2.04. The Kier molecular flexibility index (Phi) is 4.14. The maximum absolute atomic E-state index is 11.5. The average Bonchev–Trinajstić information content (AvgIpc) is 2.97. The van der Waals surface area contributed by atoms with Gasteiger partial charge < -0.3 is 9.80 Å². The molecule has 0 radical (unpaired) electrons. The lowest BCUT2D eigenvalue weighted by atomic mass is 10.1. The first-order chi connectivity index (χ1) is 11.4. The van der Waals surface area contributed by atoms with Crippen molar-refractivity contribution in [2.75, 3.05) is 14.1 Å². The average molecular weight is 322 g/mol. The van der Waals surface area contributed by atoms with Crippen molar-refractivity contribution in [3.8, 4) is 0 Å². The van der Waals surface area contributed by atoms with E-state index < -0.39 is 0 Å². The van der Waals surface area contributed by atoms with Crippen molar-refractivity contribution in [1.82, 2.24) is 9.80 Å². The van der Waals surface area contributed by atoms with Crippen molar-refractivity contribution >= 4 is 11.8 Å². The summed E-state index contributed by atoms with van der Waals surface area (Å²) in [6, 6.07) is 12.0. The van der Waals surface area contributed by atoms with E-state index in [0.717, 1.165) is 40.9 Å². The van der Waals surface area contributed by atoms with E-state index in [9.17, 15) is 9.59 Å². The van der Waals surface area contributed by atoms with Crippen LogP contribution in [0.15, 0.2) is 36.4 Å². The molecule has 4 nitrogen and oxygen atoms in total. The number of rotatable bonds is 0. The molecule has 0 spiro atoms. The molecule has 0 N–H and O–H groups in total. The number of aryl methyl sites for hydroxylation is 2. The van der Waals surface area contributed by atoms with E-state index in [1.165, 1.54) is 5.56 Å². The first-order valence-corrected chi connectivity index (χ1v) is 8.07. The van der Waals surface area contributed by atoms with Crippen LogP contribution in [0.3, 0.4) is 0 Å². The van der Waals surface area contributed by atoms with Crippen LogP contribution in [-0.4, -0.2) is 35.7 Å². The number of benzene rings is 2. The summed E-state index contributed by atoms with van der Waals surface area (Å²) in [5.41, 5.74) is 6.41. The van der Waals surface area contributed by atoms with Gasteiger partial charge in [0.2, 0.25) is 0 Å². The third-order valence-electron chi connectivity index (χ3n) is 4.50. The van der Waals surface area contributed by atoms with E-state index in [1.807, 2.05) is 58.3 Å². The Hall–Kier alpha value is -2.62. The molecule has 0 atom stereocenters. The maximum Gasteiger partial charge on any atom is 0.254 e. The quantitative estimate of drug-likeness (QED) is 0.747. The zero-order valence-corrected chi connectivity index (χ0v) is 14.6. The number of carbonyl (C=O) groups is 2. The minimum atomic E-state index is 0.144.